The number of hydrogen-bond acceptors (Lipinski definition) is 4. The number of nitrogens with two attached hydrogens (primary N) is 1. The van der Waals surface area contributed by atoms with Gasteiger partial charge in [0.1, 0.15) is 5.01 Å². The first-order chi connectivity index (χ1) is 9.24. The van der Waals surface area contributed by atoms with E-state index in [0.717, 1.165) is 34.5 Å². The standard InChI is InChI=1S/C14H17N3OS.ClH/c15-10-5-3-4-9(10)14(18)16-8-13-17-11-6-1-2-7-12(11)19-13;/h1-2,6-7,9-10H,3-5,8,15H2,(H,16,18);1H. The minimum absolute atomic E-state index is 0. The van der Waals surface area contributed by atoms with Crippen molar-refractivity contribution in [1.29, 1.82) is 0 Å². The van der Waals surface area contributed by atoms with Gasteiger partial charge in [0, 0.05) is 6.04 Å². The van der Waals surface area contributed by atoms with Gasteiger partial charge in [-0.2, -0.15) is 0 Å². The number of para-hydroxylation sites is 1. The summed E-state index contributed by atoms with van der Waals surface area (Å²) < 4.78 is 1.16. The zero-order valence-corrected chi connectivity index (χ0v) is 12.7. The molecule has 2 atom stereocenters. The third-order valence-corrected chi connectivity index (χ3v) is 4.69. The van der Waals surface area contributed by atoms with Crippen molar-refractivity contribution in [2.45, 2.75) is 31.8 Å². The summed E-state index contributed by atoms with van der Waals surface area (Å²) in [5.74, 6) is 0.0543. The molecule has 0 saturated heterocycles. The Kier molecular flexibility index (Phi) is 4.96. The van der Waals surface area contributed by atoms with Gasteiger partial charge in [-0.3, -0.25) is 4.79 Å². The second kappa shape index (κ2) is 6.52. The van der Waals surface area contributed by atoms with Crippen LogP contribution in [-0.2, 0) is 11.3 Å². The molecule has 20 heavy (non-hydrogen) atoms. The van der Waals surface area contributed by atoms with E-state index in [1.54, 1.807) is 11.3 Å². The van der Waals surface area contributed by atoms with Crippen LogP contribution in [0, 0.1) is 5.92 Å². The molecule has 1 aliphatic carbocycles. The van der Waals surface area contributed by atoms with Crippen molar-refractivity contribution < 1.29 is 4.79 Å². The summed E-state index contributed by atoms with van der Waals surface area (Å²) in [5.41, 5.74) is 6.93. The molecule has 108 valence electrons. The van der Waals surface area contributed by atoms with Crippen molar-refractivity contribution in [3.05, 3.63) is 29.3 Å². The topological polar surface area (TPSA) is 68.0 Å². The van der Waals surface area contributed by atoms with Crippen LogP contribution in [0.15, 0.2) is 24.3 Å². The molecule has 0 bridgehead atoms. The quantitative estimate of drug-likeness (QED) is 0.915. The lowest BCUT2D eigenvalue weighted by atomic mass is 10.0. The van der Waals surface area contributed by atoms with Crippen LogP contribution in [0.5, 0.6) is 0 Å². The van der Waals surface area contributed by atoms with Gasteiger partial charge in [-0.15, -0.1) is 23.7 Å². The smallest absolute Gasteiger partial charge is 0.225 e. The summed E-state index contributed by atoms with van der Waals surface area (Å²) in [4.78, 5) is 16.5. The van der Waals surface area contributed by atoms with Crippen molar-refractivity contribution in [2.75, 3.05) is 0 Å². The van der Waals surface area contributed by atoms with Crippen molar-refractivity contribution in [3.63, 3.8) is 0 Å². The molecule has 1 aromatic heterocycles. The number of thiazole rings is 1. The van der Waals surface area contributed by atoms with Crippen LogP contribution in [0.2, 0.25) is 0 Å². The van der Waals surface area contributed by atoms with Gasteiger partial charge in [-0.05, 0) is 25.0 Å². The first-order valence-corrected chi connectivity index (χ1v) is 7.43. The number of fused-ring (bicyclic) bond motifs is 1. The van der Waals surface area contributed by atoms with Crippen LogP contribution < -0.4 is 11.1 Å². The molecule has 4 nitrogen and oxygen atoms in total. The fourth-order valence-electron chi connectivity index (χ4n) is 2.60. The summed E-state index contributed by atoms with van der Waals surface area (Å²) in [6.45, 7) is 0.501. The number of hydrogen-bond donors (Lipinski definition) is 2. The molecule has 1 aliphatic rings. The predicted octanol–water partition coefficient (Wildman–Crippen LogP) is 2.46. The highest BCUT2D eigenvalue weighted by atomic mass is 35.5. The van der Waals surface area contributed by atoms with Crippen LogP contribution in [0.3, 0.4) is 0 Å². The summed E-state index contributed by atoms with van der Waals surface area (Å²) in [5, 5.41) is 3.91. The lowest BCUT2D eigenvalue weighted by Crippen LogP contribution is -2.38. The zero-order chi connectivity index (χ0) is 13.2. The number of nitrogens with zero attached hydrogens (tertiary/aromatic N) is 1. The first-order valence-electron chi connectivity index (χ1n) is 6.62. The van der Waals surface area contributed by atoms with Crippen LogP contribution in [0.4, 0.5) is 0 Å². The average molecular weight is 312 g/mol. The number of benzene rings is 1. The Bertz CT molecular complexity index is 568. The maximum Gasteiger partial charge on any atom is 0.225 e. The highest BCUT2D eigenvalue weighted by molar-refractivity contribution is 7.18. The van der Waals surface area contributed by atoms with Gasteiger partial charge in [0.05, 0.1) is 22.7 Å². The first kappa shape index (κ1) is 15.2. The largest absolute Gasteiger partial charge is 0.349 e. The van der Waals surface area contributed by atoms with Crippen molar-refractivity contribution in [3.8, 4) is 0 Å². The van der Waals surface area contributed by atoms with Crippen molar-refractivity contribution in [2.24, 2.45) is 11.7 Å². The highest BCUT2D eigenvalue weighted by Gasteiger charge is 2.29. The summed E-state index contributed by atoms with van der Waals surface area (Å²) >= 11 is 1.63. The monoisotopic (exact) mass is 311 g/mol. The number of amides is 1. The van der Waals surface area contributed by atoms with Gasteiger partial charge in [0.25, 0.3) is 0 Å². The Hall–Kier alpha value is -1.17. The third-order valence-electron chi connectivity index (χ3n) is 3.66. The summed E-state index contributed by atoms with van der Waals surface area (Å²) in [6, 6.07) is 8.04. The molecule has 0 radical (unpaired) electrons. The fraction of sp³-hybridized carbons (Fsp3) is 0.429. The third kappa shape index (κ3) is 3.11. The molecule has 1 fully saturated rings. The summed E-state index contributed by atoms with van der Waals surface area (Å²) in [6.07, 6.45) is 2.92. The molecule has 1 saturated carbocycles. The number of nitrogens with one attached hydrogen (secondary N) is 1. The van der Waals surface area contributed by atoms with Crippen LogP contribution >= 0.6 is 23.7 Å². The number of carbonyl (C=O) groups is 1. The SMILES string of the molecule is Cl.NC1CCCC1C(=O)NCc1nc2ccccc2s1. The molecule has 3 rings (SSSR count). The number of rotatable bonds is 3. The maximum absolute atomic E-state index is 12.0. The van der Waals surface area contributed by atoms with Gasteiger partial charge in [0.2, 0.25) is 5.91 Å². The van der Waals surface area contributed by atoms with Gasteiger partial charge in [0.15, 0.2) is 0 Å². The van der Waals surface area contributed by atoms with E-state index in [2.05, 4.69) is 10.3 Å². The van der Waals surface area contributed by atoms with Crippen LogP contribution in [0.25, 0.3) is 10.2 Å². The molecule has 2 aromatic rings. The van der Waals surface area contributed by atoms with E-state index in [-0.39, 0.29) is 30.3 Å². The number of carbonyl (C=O) groups excluding carboxylic acids is 1. The van der Waals surface area contributed by atoms with Crippen molar-refractivity contribution >= 4 is 39.9 Å². The van der Waals surface area contributed by atoms with Gasteiger partial charge >= 0.3 is 0 Å². The maximum atomic E-state index is 12.0. The Morgan fingerprint density at radius 1 is 1.40 bits per heavy atom. The molecule has 1 heterocycles. The van der Waals surface area contributed by atoms with E-state index in [4.69, 9.17) is 5.73 Å². The lowest BCUT2D eigenvalue weighted by molar-refractivity contribution is -0.125. The van der Waals surface area contributed by atoms with Crippen molar-refractivity contribution in [1.82, 2.24) is 10.3 Å². The van der Waals surface area contributed by atoms with Crippen LogP contribution in [0.1, 0.15) is 24.3 Å². The number of halogens is 1. The Labute approximate surface area is 128 Å². The highest BCUT2D eigenvalue weighted by Crippen LogP contribution is 2.25. The molecule has 0 spiro atoms. The molecule has 0 aliphatic heterocycles. The van der Waals surface area contributed by atoms with E-state index in [9.17, 15) is 4.79 Å². The fourth-order valence-corrected chi connectivity index (χ4v) is 3.51. The second-order valence-corrected chi connectivity index (χ2v) is 6.11. The zero-order valence-electron chi connectivity index (χ0n) is 11.0. The Morgan fingerprint density at radius 3 is 2.90 bits per heavy atom. The van der Waals surface area contributed by atoms with E-state index in [1.807, 2.05) is 24.3 Å². The molecule has 2 unspecified atom stereocenters. The van der Waals surface area contributed by atoms with Gasteiger partial charge in [-0.1, -0.05) is 18.6 Å². The lowest BCUT2D eigenvalue weighted by Gasteiger charge is -2.14. The van der Waals surface area contributed by atoms with E-state index in [1.165, 1.54) is 0 Å². The molecule has 3 N–H and O–H groups in total. The normalized spacial score (nSPS) is 21.6. The molecular weight excluding hydrogens is 294 g/mol. The van der Waals surface area contributed by atoms with Gasteiger partial charge < -0.3 is 11.1 Å². The van der Waals surface area contributed by atoms with E-state index in [0.29, 0.717) is 6.54 Å². The average Bonchev–Trinajstić information content (AvgIpc) is 3.01. The summed E-state index contributed by atoms with van der Waals surface area (Å²) in [7, 11) is 0. The van der Waals surface area contributed by atoms with E-state index >= 15 is 0 Å². The molecular formula is C14H18ClN3OS. The molecule has 6 heteroatoms. The molecule has 1 aromatic carbocycles. The minimum atomic E-state index is -0.0191. The minimum Gasteiger partial charge on any atom is -0.349 e. The Balaban J connectivity index is 0.00000147. The van der Waals surface area contributed by atoms with Gasteiger partial charge in [-0.25, -0.2) is 4.98 Å². The molecule has 1 amide bonds. The number of aromatic nitrogens is 1. The predicted molar refractivity (Wildman–Crippen MR) is 84.0 cm³/mol. The Morgan fingerprint density at radius 2 is 2.20 bits per heavy atom. The second-order valence-electron chi connectivity index (χ2n) is 4.99. The van der Waals surface area contributed by atoms with Crippen LogP contribution in [-0.4, -0.2) is 16.9 Å². The van der Waals surface area contributed by atoms with E-state index < -0.39 is 0 Å².